The molecular weight excluding hydrogens is 198 g/mol. The number of rotatable bonds is 5. The number of benzene rings is 1. The summed E-state index contributed by atoms with van der Waals surface area (Å²) in [6.07, 6.45) is 0. The van der Waals surface area contributed by atoms with Gasteiger partial charge in [0, 0.05) is 18.5 Å². The monoisotopic (exact) mass is 221 g/mol. The van der Waals surface area contributed by atoms with Crippen molar-refractivity contribution < 1.29 is 5.11 Å². The minimum Gasteiger partial charge on any atom is -0.395 e. The molecule has 0 unspecified atom stereocenters. The normalized spacial score (nSPS) is 11.8. The quantitative estimate of drug-likeness (QED) is 0.747. The van der Waals surface area contributed by atoms with E-state index in [9.17, 15) is 0 Å². The van der Waals surface area contributed by atoms with Crippen molar-refractivity contribution in [2.75, 3.05) is 19.7 Å². The molecule has 1 aromatic rings. The molecule has 0 amide bonds. The van der Waals surface area contributed by atoms with Crippen LogP contribution in [-0.4, -0.2) is 24.8 Å². The lowest BCUT2D eigenvalue weighted by atomic mass is 9.81. The van der Waals surface area contributed by atoms with Crippen LogP contribution in [0.4, 0.5) is 0 Å². The zero-order valence-corrected chi connectivity index (χ0v) is 10.8. The molecule has 0 atom stereocenters. The summed E-state index contributed by atoms with van der Waals surface area (Å²) >= 11 is 0. The molecule has 1 aromatic carbocycles. The molecule has 0 aliphatic rings. The fourth-order valence-electron chi connectivity index (χ4n) is 2.15. The molecule has 0 aliphatic carbocycles. The smallest absolute Gasteiger partial charge is 0.0555 e. The summed E-state index contributed by atoms with van der Waals surface area (Å²) in [5.41, 5.74) is 4.13. The highest BCUT2D eigenvalue weighted by atomic mass is 16.3. The van der Waals surface area contributed by atoms with Crippen molar-refractivity contribution in [3.05, 3.63) is 34.9 Å². The summed E-state index contributed by atoms with van der Waals surface area (Å²) in [6, 6.07) is 6.60. The summed E-state index contributed by atoms with van der Waals surface area (Å²) < 4.78 is 0. The zero-order valence-electron chi connectivity index (χ0n) is 10.8. The molecule has 0 aliphatic heterocycles. The average Bonchev–Trinajstić information content (AvgIpc) is 2.17. The van der Waals surface area contributed by atoms with E-state index in [2.05, 4.69) is 51.2 Å². The average molecular weight is 221 g/mol. The molecule has 16 heavy (non-hydrogen) atoms. The first-order chi connectivity index (χ1) is 7.47. The highest BCUT2D eigenvalue weighted by molar-refractivity contribution is 5.35. The first-order valence-electron chi connectivity index (χ1n) is 5.86. The predicted molar refractivity (Wildman–Crippen MR) is 68.9 cm³/mol. The maximum absolute atomic E-state index is 8.76. The van der Waals surface area contributed by atoms with Crippen LogP contribution in [0.1, 0.15) is 30.5 Å². The molecule has 0 fully saturated rings. The van der Waals surface area contributed by atoms with Gasteiger partial charge in [0.25, 0.3) is 0 Å². The van der Waals surface area contributed by atoms with Gasteiger partial charge in [0.05, 0.1) is 6.61 Å². The van der Waals surface area contributed by atoms with Crippen molar-refractivity contribution in [2.24, 2.45) is 0 Å². The molecule has 0 saturated heterocycles. The molecule has 2 N–H and O–H groups in total. The first-order valence-corrected chi connectivity index (χ1v) is 5.86. The maximum atomic E-state index is 8.76. The Hall–Kier alpha value is -0.860. The Kier molecular flexibility index (Phi) is 4.51. The van der Waals surface area contributed by atoms with Gasteiger partial charge in [-0.25, -0.2) is 0 Å². The van der Waals surface area contributed by atoms with E-state index < -0.39 is 0 Å². The van der Waals surface area contributed by atoms with E-state index in [1.54, 1.807) is 0 Å². The van der Waals surface area contributed by atoms with Crippen LogP contribution >= 0.6 is 0 Å². The third-order valence-corrected chi connectivity index (χ3v) is 2.97. The number of aliphatic hydroxyl groups is 1. The SMILES string of the molecule is Cc1ccc(C(C)(C)CNCCO)c(C)c1. The van der Waals surface area contributed by atoms with E-state index >= 15 is 0 Å². The second kappa shape index (κ2) is 5.46. The van der Waals surface area contributed by atoms with Crippen LogP contribution in [-0.2, 0) is 5.41 Å². The van der Waals surface area contributed by atoms with E-state index in [0.717, 1.165) is 6.54 Å². The largest absolute Gasteiger partial charge is 0.395 e. The Morgan fingerprint density at radius 2 is 1.94 bits per heavy atom. The van der Waals surface area contributed by atoms with Crippen LogP contribution < -0.4 is 5.32 Å². The van der Waals surface area contributed by atoms with Gasteiger partial charge >= 0.3 is 0 Å². The fraction of sp³-hybridized carbons (Fsp3) is 0.571. The number of aliphatic hydroxyl groups excluding tert-OH is 1. The summed E-state index contributed by atoms with van der Waals surface area (Å²) in [4.78, 5) is 0. The Morgan fingerprint density at radius 1 is 1.25 bits per heavy atom. The van der Waals surface area contributed by atoms with Gasteiger partial charge in [-0.1, -0.05) is 37.6 Å². The van der Waals surface area contributed by atoms with Crippen LogP contribution in [0, 0.1) is 13.8 Å². The van der Waals surface area contributed by atoms with Gasteiger partial charge in [-0.2, -0.15) is 0 Å². The summed E-state index contributed by atoms with van der Waals surface area (Å²) in [5, 5.41) is 12.0. The Morgan fingerprint density at radius 3 is 2.50 bits per heavy atom. The molecule has 0 saturated carbocycles. The lowest BCUT2D eigenvalue weighted by Gasteiger charge is -2.27. The zero-order chi connectivity index (χ0) is 12.2. The number of hydrogen-bond donors (Lipinski definition) is 2. The fourth-order valence-corrected chi connectivity index (χ4v) is 2.15. The van der Waals surface area contributed by atoms with E-state index in [4.69, 9.17) is 5.11 Å². The third kappa shape index (κ3) is 3.32. The molecule has 0 heterocycles. The summed E-state index contributed by atoms with van der Waals surface area (Å²) in [7, 11) is 0. The van der Waals surface area contributed by atoms with Crippen LogP contribution in [0.2, 0.25) is 0 Å². The van der Waals surface area contributed by atoms with Crippen LogP contribution in [0.5, 0.6) is 0 Å². The molecule has 1 rings (SSSR count). The van der Waals surface area contributed by atoms with Crippen molar-refractivity contribution >= 4 is 0 Å². The number of hydrogen-bond acceptors (Lipinski definition) is 2. The number of nitrogens with one attached hydrogen (secondary N) is 1. The molecule has 2 heteroatoms. The molecule has 0 radical (unpaired) electrons. The standard InChI is InChI=1S/C14H23NO/c1-11-5-6-13(12(2)9-11)14(3,4)10-15-7-8-16/h5-6,9,15-16H,7-8,10H2,1-4H3. The Labute approximate surface area is 98.7 Å². The van der Waals surface area contributed by atoms with Crippen molar-refractivity contribution in [1.82, 2.24) is 5.32 Å². The minimum absolute atomic E-state index is 0.104. The van der Waals surface area contributed by atoms with Crippen molar-refractivity contribution in [3.8, 4) is 0 Å². The topological polar surface area (TPSA) is 32.3 Å². The lowest BCUT2D eigenvalue weighted by molar-refractivity contribution is 0.286. The molecule has 0 bridgehead atoms. The van der Waals surface area contributed by atoms with Crippen molar-refractivity contribution in [3.63, 3.8) is 0 Å². The van der Waals surface area contributed by atoms with Gasteiger partial charge in [-0.05, 0) is 25.0 Å². The van der Waals surface area contributed by atoms with Gasteiger partial charge in [-0.15, -0.1) is 0 Å². The lowest BCUT2D eigenvalue weighted by Crippen LogP contribution is -2.34. The predicted octanol–water partition coefficient (Wildman–Crippen LogP) is 2.16. The van der Waals surface area contributed by atoms with Gasteiger partial charge in [0.1, 0.15) is 0 Å². The molecular formula is C14H23NO. The van der Waals surface area contributed by atoms with Gasteiger partial charge in [0.2, 0.25) is 0 Å². The van der Waals surface area contributed by atoms with Gasteiger partial charge < -0.3 is 10.4 Å². The van der Waals surface area contributed by atoms with Crippen LogP contribution in [0.3, 0.4) is 0 Å². The van der Waals surface area contributed by atoms with Crippen molar-refractivity contribution in [1.29, 1.82) is 0 Å². The molecule has 90 valence electrons. The van der Waals surface area contributed by atoms with Gasteiger partial charge in [0.15, 0.2) is 0 Å². The highest BCUT2D eigenvalue weighted by Gasteiger charge is 2.21. The van der Waals surface area contributed by atoms with Crippen LogP contribution in [0.15, 0.2) is 18.2 Å². The molecule has 0 spiro atoms. The second-order valence-corrected chi connectivity index (χ2v) is 5.10. The first kappa shape index (κ1) is 13.2. The number of aryl methyl sites for hydroxylation is 2. The third-order valence-electron chi connectivity index (χ3n) is 2.97. The molecule has 0 aromatic heterocycles. The second-order valence-electron chi connectivity index (χ2n) is 5.10. The molecule has 2 nitrogen and oxygen atoms in total. The Balaban J connectivity index is 2.80. The summed E-state index contributed by atoms with van der Waals surface area (Å²) in [6.45, 7) is 10.5. The summed E-state index contributed by atoms with van der Waals surface area (Å²) in [5.74, 6) is 0. The van der Waals surface area contributed by atoms with E-state index in [-0.39, 0.29) is 12.0 Å². The Bertz CT molecular complexity index is 345. The van der Waals surface area contributed by atoms with Crippen LogP contribution in [0.25, 0.3) is 0 Å². The van der Waals surface area contributed by atoms with Crippen molar-refractivity contribution in [2.45, 2.75) is 33.1 Å². The van der Waals surface area contributed by atoms with E-state index in [1.165, 1.54) is 16.7 Å². The minimum atomic E-state index is 0.104. The highest BCUT2D eigenvalue weighted by Crippen LogP contribution is 2.26. The van der Waals surface area contributed by atoms with E-state index in [0.29, 0.717) is 6.54 Å². The van der Waals surface area contributed by atoms with E-state index in [1.807, 2.05) is 0 Å². The van der Waals surface area contributed by atoms with Gasteiger partial charge in [-0.3, -0.25) is 0 Å². The maximum Gasteiger partial charge on any atom is 0.0555 e.